The van der Waals surface area contributed by atoms with E-state index in [1.807, 2.05) is 13.8 Å². The van der Waals surface area contributed by atoms with Crippen LogP contribution in [0.3, 0.4) is 0 Å². The van der Waals surface area contributed by atoms with Gasteiger partial charge in [0.25, 0.3) is 0 Å². The van der Waals surface area contributed by atoms with Crippen molar-refractivity contribution in [2.24, 2.45) is 0 Å². The zero-order chi connectivity index (χ0) is 19.1. The Kier molecular flexibility index (Phi) is 9.17. The molecule has 2 heterocycles. The molecule has 138 valence electrons. The molecule has 24 heavy (non-hydrogen) atoms. The van der Waals surface area contributed by atoms with Crippen LogP contribution in [0.4, 0.5) is 0 Å². The highest BCUT2D eigenvalue weighted by molar-refractivity contribution is 5.29. The lowest BCUT2D eigenvalue weighted by atomic mass is 10.0. The Morgan fingerprint density at radius 2 is 1.58 bits per heavy atom. The van der Waals surface area contributed by atoms with Crippen LogP contribution in [0, 0.1) is 20.8 Å². The molecule has 2 nitrogen and oxygen atoms in total. The van der Waals surface area contributed by atoms with E-state index in [2.05, 4.69) is 96.0 Å². The van der Waals surface area contributed by atoms with Gasteiger partial charge in [-0.2, -0.15) is 0 Å². The van der Waals surface area contributed by atoms with Gasteiger partial charge in [-0.25, -0.2) is 0 Å². The molecule has 0 radical (unpaired) electrons. The van der Waals surface area contributed by atoms with Gasteiger partial charge in [0.2, 0.25) is 0 Å². The van der Waals surface area contributed by atoms with Gasteiger partial charge in [0.1, 0.15) is 0 Å². The van der Waals surface area contributed by atoms with E-state index in [9.17, 15) is 0 Å². The highest BCUT2D eigenvalue weighted by Gasteiger charge is 2.10. The van der Waals surface area contributed by atoms with Crippen molar-refractivity contribution in [3.8, 4) is 0 Å². The molecule has 2 aromatic rings. The zero-order valence-electron chi connectivity index (χ0n) is 18.0. The summed E-state index contributed by atoms with van der Waals surface area (Å²) in [6.45, 7) is 24.9. The molecule has 0 spiro atoms. The Balaban J connectivity index is 0.000000405. The van der Waals surface area contributed by atoms with Crippen LogP contribution in [0.2, 0.25) is 0 Å². The first kappa shape index (κ1) is 22.6. The summed E-state index contributed by atoms with van der Waals surface area (Å²) in [6.07, 6.45) is 4.29. The number of hydrogen-bond donors (Lipinski definition) is 0. The molecule has 2 heteroatoms. The minimum absolute atomic E-state index is 0.230. The number of nitrogens with zero attached hydrogens (tertiary/aromatic N) is 2. The van der Waals surface area contributed by atoms with Gasteiger partial charge in [-0.15, -0.1) is 0 Å². The monoisotopic (exact) mass is 332 g/mol. The summed E-state index contributed by atoms with van der Waals surface area (Å²) in [5.41, 5.74) is 5.88. The number of rotatable bonds is 2. The van der Waals surface area contributed by atoms with E-state index in [1.165, 1.54) is 22.5 Å². The highest BCUT2D eigenvalue weighted by Crippen LogP contribution is 2.22. The molecule has 0 aliphatic heterocycles. The fourth-order valence-corrected chi connectivity index (χ4v) is 2.82. The molecule has 0 unspecified atom stereocenters. The molecule has 0 aliphatic carbocycles. The van der Waals surface area contributed by atoms with Crippen LogP contribution in [-0.2, 0) is 12.1 Å². The van der Waals surface area contributed by atoms with Crippen LogP contribution in [-0.4, -0.2) is 9.13 Å². The van der Waals surface area contributed by atoms with Crippen LogP contribution >= 0.6 is 0 Å². The van der Waals surface area contributed by atoms with Crippen molar-refractivity contribution in [2.75, 3.05) is 0 Å². The van der Waals surface area contributed by atoms with Crippen LogP contribution in [0.15, 0.2) is 24.5 Å². The van der Waals surface area contributed by atoms with Gasteiger partial charge in [-0.05, 0) is 77.6 Å². The molecule has 0 bridgehead atoms. The average molecular weight is 333 g/mol. The topological polar surface area (TPSA) is 9.86 Å². The van der Waals surface area contributed by atoms with E-state index in [0.717, 1.165) is 6.54 Å². The van der Waals surface area contributed by atoms with Crippen molar-refractivity contribution < 1.29 is 0 Å². The second-order valence-electron chi connectivity index (χ2n) is 7.49. The van der Waals surface area contributed by atoms with Gasteiger partial charge in [-0.3, -0.25) is 0 Å². The zero-order valence-corrected chi connectivity index (χ0v) is 18.0. The second kappa shape index (κ2) is 9.76. The molecule has 0 atom stereocenters. The molecule has 2 aromatic heterocycles. The number of aryl methyl sites for hydroxylation is 2. The van der Waals surface area contributed by atoms with Crippen LogP contribution in [0.25, 0.3) is 0 Å². The maximum absolute atomic E-state index is 2.37. The summed E-state index contributed by atoms with van der Waals surface area (Å²) >= 11 is 0. The summed E-state index contributed by atoms with van der Waals surface area (Å²) in [4.78, 5) is 0. The first-order chi connectivity index (χ1) is 11.1. The molecule has 0 saturated carbocycles. The fraction of sp³-hybridized carbons (Fsp3) is 0.636. The first-order valence-electron chi connectivity index (χ1n) is 9.39. The Labute approximate surface area is 150 Å². The average Bonchev–Trinajstić information content (AvgIpc) is 3.05. The van der Waals surface area contributed by atoms with E-state index in [-0.39, 0.29) is 5.54 Å². The largest absolute Gasteiger partial charge is 0.349 e. The van der Waals surface area contributed by atoms with E-state index in [0.29, 0.717) is 5.92 Å². The maximum atomic E-state index is 2.37. The molecular formula is C22H40N2. The van der Waals surface area contributed by atoms with Crippen molar-refractivity contribution in [3.05, 3.63) is 47.0 Å². The Morgan fingerprint density at radius 3 is 1.79 bits per heavy atom. The lowest BCUT2D eigenvalue weighted by Gasteiger charge is -2.20. The van der Waals surface area contributed by atoms with E-state index in [1.54, 1.807) is 0 Å². The van der Waals surface area contributed by atoms with Gasteiger partial charge in [-0.1, -0.05) is 27.7 Å². The van der Waals surface area contributed by atoms with Gasteiger partial charge < -0.3 is 9.13 Å². The minimum atomic E-state index is 0.230. The van der Waals surface area contributed by atoms with Crippen molar-refractivity contribution in [3.63, 3.8) is 0 Å². The van der Waals surface area contributed by atoms with Gasteiger partial charge >= 0.3 is 0 Å². The molecule has 0 aliphatic rings. The van der Waals surface area contributed by atoms with Gasteiger partial charge in [0.15, 0.2) is 0 Å². The summed E-state index contributed by atoms with van der Waals surface area (Å²) in [5.74, 6) is 0.650. The smallest absolute Gasteiger partial charge is 0.0355 e. The number of hydrogen-bond acceptors (Lipinski definition) is 0. The van der Waals surface area contributed by atoms with Crippen molar-refractivity contribution in [1.82, 2.24) is 9.13 Å². The quantitative estimate of drug-likeness (QED) is 0.570. The minimum Gasteiger partial charge on any atom is -0.349 e. The third-order valence-corrected chi connectivity index (χ3v) is 4.17. The predicted octanol–water partition coefficient (Wildman–Crippen LogP) is 6.83. The Morgan fingerprint density at radius 1 is 1.04 bits per heavy atom. The summed E-state index contributed by atoms with van der Waals surface area (Å²) < 4.78 is 4.59. The van der Waals surface area contributed by atoms with E-state index in [4.69, 9.17) is 0 Å². The summed E-state index contributed by atoms with van der Waals surface area (Å²) in [6, 6.07) is 4.44. The predicted molar refractivity (Wildman–Crippen MR) is 109 cm³/mol. The van der Waals surface area contributed by atoms with Crippen molar-refractivity contribution in [2.45, 2.75) is 94.2 Å². The third-order valence-electron chi connectivity index (χ3n) is 4.17. The van der Waals surface area contributed by atoms with Gasteiger partial charge in [0, 0.05) is 35.9 Å². The second-order valence-corrected chi connectivity index (χ2v) is 7.49. The van der Waals surface area contributed by atoms with Crippen molar-refractivity contribution in [1.29, 1.82) is 0 Å². The molecule has 0 amide bonds. The standard InChI is InChI=1S/C11H19N.C9H15N.C2H6/c1-6-12-9(4)7-11(8(2)3)10(12)5;1-8-5-6-10(7-8)9(2,3)4;1-2/h7-8H,6H2,1-5H3;5-7H,1-4H3;1-2H3. The van der Waals surface area contributed by atoms with E-state index < -0.39 is 0 Å². The Bertz CT molecular complexity index is 592. The SMILES string of the molecule is CC.CCn1c(C)cc(C(C)C)c1C.Cc1ccn(C(C)(C)C)c1. The van der Waals surface area contributed by atoms with Crippen LogP contribution in [0.5, 0.6) is 0 Å². The lowest BCUT2D eigenvalue weighted by molar-refractivity contribution is 0.398. The van der Waals surface area contributed by atoms with Crippen LogP contribution in [0.1, 0.15) is 83.8 Å². The molecule has 0 saturated heterocycles. The molecule has 0 aromatic carbocycles. The molecule has 0 fully saturated rings. The third kappa shape index (κ3) is 6.22. The molecule has 2 rings (SSSR count). The summed E-state index contributed by atoms with van der Waals surface area (Å²) in [7, 11) is 0. The van der Waals surface area contributed by atoms with Gasteiger partial charge in [0.05, 0.1) is 0 Å². The van der Waals surface area contributed by atoms with Crippen molar-refractivity contribution >= 4 is 0 Å². The lowest BCUT2D eigenvalue weighted by Crippen LogP contribution is -2.19. The molecule has 0 N–H and O–H groups in total. The maximum Gasteiger partial charge on any atom is 0.0355 e. The summed E-state index contributed by atoms with van der Waals surface area (Å²) in [5, 5.41) is 0. The highest BCUT2D eigenvalue weighted by atomic mass is 15.0. The first-order valence-corrected chi connectivity index (χ1v) is 9.39. The molecular weight excluding hydrogens is 292 g/mol. The Hall–Kier alpha value is -1.44. The van der Waals surface area contributed by atoms with Crippen LogP contribution < -0.4 is 0 Å². The normalized spacial score (nSPS) is 10.8. The van der Waals surface area contributed by atoms with E-state index >= 15 is 0 Å². The number of aromatic nitrogens is 2. The fourth-order valence-electron chi connectivity index (χ4n) is 2.82.